The van der Waals surface area contributed by atoms with Gasteiger partial charge in [-0.15, -0.1) is 10.2 Å². The number of aromatic nitrogens is 2. The van der Waals surface area contributed by atoms with Crippen molar-refractivity contribution in [3.05, 3.63) is 76.5 Å². The molecule has 0 saturated carbocycles. The van der Waals surface area contributed by atoms with Gasteiger partial charge in [0, 0.05) is 0 Å². The average Bonchev–Trinajstić information content (AvgIpc) is 2.99. The molecule has 1 aromatic heterocycles. The lowest BCUT2D eigenvalue weighted by atomic mass is 9.99. The Morgan fingerprint density at radius 1 is 1.04 bits per heavy atom. The number of aryl methyl sites for hydroxylation is 1. The highest BCUT2D eigenvalue weighted by Crippen LogP contribution is 2.23. The second-order valence-electron chi connectivity index (χ2n) is 5.12. The number of benzene rings is 2. The van der Waals surface area contributed by atoms with E-state index in [1.807, 2.05) is 37.3 Å². The second kappa shape index (κ2) is 7.18. The summed E-state index contributed by atoms with van der Waals surface area (Å²) in [5.41, 5.74) is 1.68. The Morgan fingerprint density at radius 2 is 1.71 bits per heavy atom. The molecule has 2 amide bonds. The molecule has 7 heteroatoms. The van der Waals surface area contributed by atoms with E-state index in [4.69, 9.17) is 0 Å². The van der Waals surface area contributed by atoms with Gasteiger partial charge >= 0.3 is 6.03 Å². The fourth-order valence-corrected chi connectivity index (χ4v) is 2.86. The highest BCUT2D eigenvalue weighted by molar-refractivity contribution is 7.15. The monoisotopic (exact) mass is 342 g/mol. The van der Waals surface area contributed by atoms with Gasteiger partial charge in [-0.2, -0.15) is 0 Å². The van der Waals surface area contributed by atoms with E-state index < -0.39 is 12.1 Å². The first-order valence-corrected chi connectivity index (χ1v) is 8.11. The maximum atomic E-state index is 13.2. The first-order chi connectivity index (χ1) is 11.6. The van der Waals surface area contributed by atoms with Gasteiger partial charge in [-0.1, -0.05) is 53.8 Å². The quantitative estimate of drug-likeness (QED) is 0.756. The number of anilines is 1. The Bertz CT molecular complexity index is 820. The van der Waals surface area contributed by atoms with Gasteiger partial charge in [0.1, 0.15) is 10.8 Å². The number of nitrogens with one attached hydrogen (secondary N) is 2. The Morgan fingerprint density at radius 3 is 2.33 bits per heavy atom. The summed E-state index contributed by atoms with van der Waals surface area (Å²) in [7, 11) is 0. The van der Waals surface area contributed by atoms with E-state index in [1.165, 1.54) is 23.5 Å². The van der Waals surface area contributed by atoms with E-state index in [9.17, 15) is 9.18 Å². The number of amides is 2. The summed E-state index contributed by atoms with van der Waals surface area (Å²) in [6.07, 6.45) is 0. The molecule has 1 unspecified atom stereocenters. The lowest BCUT2D eigenvalue weighted by molar-refractivity contribution is 0.250. The lowest BCUT2D eigenvalue weighted by Gasteiger charge is -2.19. The summed E-state index contributed by atoms with van der Waals surface area (Å²) in [4.78, 5) is 12.3. The molecule has 0 radical (unpaired) electrons. The average molecular weight is 342 g/mol. The molecule has 0 saturated heterocycles. The topological polar surface area (TPSA) is 66.9 Å². The van der Waals surface area contributed by atoms with Gasteiger partial charge in [0.05, 0.1) is 6.04 Å². The highest BCUT2D eigenvalue weighted by atomic mass is 32.1. The van der Waals surface area contributed by atoms with Crippen LogP contribution in [0, 0.1) is 12.7 Å². The SMILES string of the molecule is Cc1nnc(NC(=O)NC(c2ccccc2)c2ccc(F)cc2)s1. The zero-order valence-corrected chi connectivity index (χ0v) is 13.7. The number of hydrogen-bond donors (Lipinski definition) is 2. The minimum Gasteiger partial charge on any atom is -0.327 e. The molecule has 0 aliphatic heterocycles. The van der Waals surface area contributed by atoms with Gasteiger partial charge in [0.2, 0.25) is 5.13 Å². The van der Waals surface area contributed by atoms with E-state index in [0.29, 0.717) is 5.13 Å². The number of carbonyl (C=O) groups is 1. The van der Waals surface area contributed by atoms with Crippen molar-refractivity contribution in [3.63, 3.8) is 0 Å². The van der Waals surface area contributed by atoms with Crippen molar-refractivity contribution in [1.82, 2.24) is 15.5 Å². The highest BCUT2D eigenvalue weighted by Gasteiger charge is 2.17. The number of carbonyl (C=O) groups excluding carboxylic acids is 1. The van der Waals surface area contributed by atoms with Crippen molar-refractivity contribution in [1.29, 1.82) is 0 Å². The van der Waals surface area contributed by atoms with Crippen molar-refractivity contribution in [2.75, 3.05) is 5.32 Å². The Labute approximate surface area is 142 Å². The van der Waals surface area contributed by atoms with Crippen LogP contribution in [0.25, 0.3) is 0 Å². The molecule has 122 valence electrons. The largest absolute Gasteiger partial charge is 0.327 e. The Kier molecular flexibility index (Phi) is 4.81. The van der Waals surface area contributed by atoms with Crippen LogP contribution in [-0.4, -0.2) is 16.2 Å². The fourth-order valence-electron chi connectivity index (χ4n) is 2.27. The summed E-state index contributed by atoms with van der Waals surface area (Å²) >= 11 is 1.29. The van der Waals surface area contributed by atoms with Gasteiger partial charge in [0.15, 0.2) is 0 Å². The minimum absolute atomic E-state index is 0.320. The van der Waals surface area contributed by atoms with Crippen LogP contribution < -0.4 is 10.6 Å². The minimum atomic E-state index is -0.402. The summed E-state index contributed by atoms with van der Waals surface area (Å²) in [5.74, 6) is -0.320. The second-order valence-corrected chi connectivity index (χ2v) is 6.30. The van der Waals surface area contributed by atoms with Crippen LogP contribution in [0.4, 0.5) is 14.3 Å². The Hall–Kier alpha value is -2.80. The molecule has 24 heavy (non-hydrogen) atoms. The molecule has 2 N–H and O–H groups in total. The van der Waals surface area contributed by atoms with Crippen molar-refractivity contribution in [2.24, 2.45) is 0 Å². The molecule has 3 aromatic rings. The number of urea groups is 1. The normalized spacial score (nSPS) is 11.8. The molecule has 5 nitrogen and oxygen atoms in total. The maximum absolute atomic E-state index is 13.2. The van der Waals surface area contributed by atoms with Gasteiger partial charge in [-0.25, -0.2) is 9.18 Å². The van der Waals surface area contributed by atoms with Crippen LogP contribution in [0.1, 0.15) is 22.2 Å². The van der Waals surface area contributed by atoms with Crippen LogP contribution in [0.15, 0.2) is 54.6 Å². The first-order valence-electron chi connectivity index (χ1n) is 7.30. The lowest BCUT2D eigenvalue weighted by Crippen LogP contribution is -2.33. The predicted octanol–water partition coefficient (Wildman–Crippen LogP) is 3.90. The van der Waals surface area contributed by atoms with E-state index >= 15 is 0 Å². The van der Waals surface area contributed by atoms with Crippen molar-refractivity contribution < 1.29 is 9.18 Å². The molecule has 0 fully saturated rings. The number of halogens is 1. The predicted molar refractivity (Wildman–Crippen MR) is 91.5 cm³/mol. The molecule has 0 bridgehead atoms. The van der Waals surface area contributed by atoms with Gasteiger partial charge in [0.25, 0.3) is 0 Å². The summed E-state index contributed by atoms with van der Waals surface area (Å²) in [6, 6.07) is 14.7. The van der Waals surface area contributed by atoms with Crippen LogP contribution in [0.2, 0.25) is 0 Å². The van der Waals surface area contributed by atoms with Crippen molar-refractivity contribution in [3.8, 4) is 0 Å². The summed E-state index contributed by atoms with van der Waals surface area (Å²) in [5, 5.41) is 14.5. The molecule has 1 atom stereocenters. The summed E-state index contributed by atoms with van der Waals surface area (Å²) < 4.78 is 13.2. The van der Waals surface area contributed by atoms with E-state index in [-0.39, 0.29) is 5.82 Å². The Balaban J connectivity index is 1.82. The molecule has 2 aromatic carbocycles. The van der Waals surface area contributed by atoms with Crippen LogP contribution >= 0.6 is 11.3 Å². The smallest absolute Gasteiger partial charge is 0.321 e. The number of rotatable bonds is 4. The zero-order valence-electron chi connectivity index (χ0n) is 12.9. The van der Waals surface area contributed by atoms with Crippen LogP contribution in [0.3, 0.4) is 0 Å². The maximum Gasteiger partial charge on any atom is 0.321 e. The number of nitrogens with zero attached hydrogens (tertiary/aromatic N) is 2. The fraction of sp³-hybridized carbons (Fsp3) is 0.118. The first kappa shape index (κ1) is 16.1. The van der Waals surface area contributed by atoms with Gasteiger partial charge in [-0.3, -0.25) is 5.32 Å². The third-order valence-electron chi connectivity index (χ3n) is 3.36. The third kappa shape index (κ3) is 3.94. The van der Waals surface area contributed by atoms with E-state index in [2.05, 4.69) is 20.8 Å². The summed E-state index contributed by atoms with van der Waals surface area (Å²) in [6.45, 7) is 1.81. The number of hydrogen-bond acceptors (Lipinski definition) is 4. The van der Waals surface area contributed by atoms with Gasteiger partial charge in [-0.05, 0) is 30.2 Å². The zero-order chi connectivity index (χ0) is 16.9. The van der Waals surface area contributed by atoms with E-state index in [0.717, 1.165) is 16.1 Å². The van der Waals surface area contributed by atoms with Crippen LogP contribution in [-0.2, 0) is 0 Å². The molecule has 3 rings (SSSR count). The van der Waals surface area contributed by atoms with Crippen molar-refractivity contribution in [2.45, 2.75) is 13.0 Å². The molecular formula is C17H15FN4OS. The standard InChI is InChI=1S/C17H15FN4OS/c1-11-21-22-17(24-11)20-16(23)19-15(12-5-3-2-4-6-12)13-7-9-14(18)10-8-13/h2-10,15H,1H3,(H2,19,20,22,23). The molecule has 0 spiro atoms. The van der Waals surface area contributed by atoms with Gasteiger partial charge < -0.3 is 5.32 Å². The van der Waals surface area contributed by atoms with Crippen LogP contribution in [0.5, 0.6) is 0 Å². The molecule has 1 heterocycles. The van der Waals surface area contributed by atoms with E-state index in [1.54, 1.807) is 12.1 Å². The molecule has 0 aliphatic rings. The third-order valence-corrected chi connectivity index (χ3v) is 4.11. The molecule has 0 aliphatic carbocycles. The molecular weight excluding hydrogens is 327 g/mol. The van der Waals surface area contributed by atoms with Crippen molar-refractivity contribution >= 4 is 22.5 Å².